The van der Waals surface area contributed by atoms with Gasteiger partial charge in [-0.3, -0.25) is 0 Å². The van der Waals surface area contributed by atoms with Crippen molar-refractivity contribution in [2.45, 2.75) is 79.3 Å². The molecular formula is C13H29N. The fourth-order valence-corrected chi connectivity index (χ4v) is 1.77. The van der Waals surface area contributed by atoms with Gasteiger partial charge in [-0.05, 0) is 52.9 Å². The molecule has 0 atom stereocenters. The molecule has 0 aliphatic heterocycles. The topological polar surface area (TPSA) is 12.0 Å². The van der Waals surface area contributed by atoms with E-state index in [0.717, 1.165) is 0 Å². The molecule has 0 rings (SSSR count). The zero-order chi connectivity index (χ0) is 11.6. The normalized spacial score (nSPS) is 14.6. The molecule has 0 aliphatic rings. The highest BCUT2D eigenvalue weighted by Gasteiger charge is 2.25. The molecule has 1 nitrogen and oxygen atoms in total. The van der Waals surface area contributed by atoms with Crippen molar-refractivity contribution in [2.24, 2.45) is 5.41 Å². The smallest absolute Gasteiger partial charge is 0.0130 e. The molecule has 1 N–H and O–H groups in total. The lowest BCUT2D eigenvalue weighted by Crippen LogP contribution is -2.50. The first-order valence-electron chi connectivity index (χ1n) is 5.71. The molecule has 1 heteroatoms. The van der Waals surface area contributed by atoms with Gasteiger partial charge >= 0.3 is 0 Å². The Balaban J connectivity index is 4.09. The SMILES string of the molecule is CC(C)(C)CCC(C)(C)NC(C)(C)C. The van der Waals surface area contributed by atoms with Crippen LogP contribution < -0.4 is 5.32 Å². The van der Waals surface area contributed by atoms with Gasteiger partial charge in [0, 0.05) is 11.1 Å². The predicted octanol–water partition coefficient (Wildman–Crippen LogP) is 3.98. The van der Waals surface area contributed by atoms with E-state index in [9.17, 15) is 0 Å². The zero-order valence-corrected chi connectivity index (χ0v) is 11.4. The van der Waals surface area contributed by atoms with E-state index < -0.39 is 0 Å². The zero-order valence-electron chi connectivity index (χ0n) is 11.4. The molecule has 0 spiro atoms. The first-order valence-corrected chi connectivity index (χ1v) is 5.71. The summed E-state index contributed by atoms with van der Waals surface area (Å²) >= 11 is 0. The first kappa shape index (κ1) is 14.0. The maximum absolute atomic E-state index is 3.67. The van der Waals surface area contributed by atoms with Crippen molar-refractivity contribution >= 4 is 0 Å². The molecule has 0 unspecified atom stereocenters. The van der Waals surface area contributed by atoms with Gasteiger partial charge in [0.15, 0.2) is 0 Å². The molecule has 0 aromatic rings. The lowest BCUT2D eigenvalue weighted by atomic mass is 9.84. The predicted molar refractivity (Wildman–Crippen MR) is 65.7 cm³/mol. The van der Waals surface area contributed by atoms with E-state index in [0.29, 0.717) is 5.41 Å². The Morgan fingerprint density at radius 3 is 1.43 bits per heavy atom. The summed E-state index contributed by atoms with van der Waals surface area (Å²) in [5, 5.41) is 3.67. The Bertz CT molecular complexity index is 167. The van der Waals surface area contributed by atoms with Crippen LogP contribution in [0.5, 0.6) is 0 Å². The standard InChI is InChI=1S/C13H29N/c1-11(2,3)9-10-13(7,8)14-12(4,5)6/h14H,9-10H2,1-8H3. The molecule has 0 aromatic carbocycles. The van der Waals surface area contributed by atoms with Gasteiger partial charge in [-0.25, -0.2) is 0 Å². The summed E-state index contributed by atoms with van der Waals surface area (Å²) in [4.78, 5) is 0. The third kappa shape index (κ3) is 8.55. The molecule has 0 aliphatic carbocycles. The third-order valence-corrected chi connectivity index (χ3v) is 2.21. The van der Waals surface area contributed by atoms with E-state index in [1.165, 1.54) is 12.8 Å². The quantitative estimate of drug-likeness (QED) is 0.725. The summed E-state index contributed by atoms with van der Waals surface area (Å²) in [6.07, 6.45) is 2.50. The summed E-state index contributed by atoms with van der Waals surface area (Å²) in [5.41, 5.74) is 0.893. The van der Waals surface area contributed by atoms with Crippen molar-refractivity contribution in [3.05, 3.63) is 0 Å². The van der Waals surface area contributed by atoms with Gasteiger partial charge in [-0.1, -0.05) is 20.8 Å². The number of rotatable bonds is 3. The van der Waals surface area contributed by atoms with Crippen LogP contribution in [0.15, 0.2) is 0 Å². The van der Waals surface area contributed by atoms with E-state index >= 15 is 0 Å². The summed E-state index contributed by atoms with van der Waals surface area (Å²) in [6, 6.07) is 0. The minimum absolute atomic E-state index is 0.210. The van der Waals surface area contributed by atoms with Crippen LogP contribution in [0.1, 0.15) is 68.2 Å². The highest BCUT2D eigenvalue weighted by atomic mass is 15.0. The van der Waals surface area contributed by atoms with Gasteiger partial charge in [0.25, 0.3) is 0 Å². The summed E-state index contributed by atoms with van der Waals surface area (Å²) in [5.74, 6) is 0. The van der Waals surface area contributed by atoms with Gasteiger partial charge < -0.3 is 5.32 Å². The first-order chi connectivity index (χ1) is 5.91. The fourth-order valence-electron chi connectivity index (χ4n) is 1.77. The molecular weight excluding hydrogens is 170 g/mol. The van der Waals surface area contributed by atoms with Crippen LogP contribution in [0.4, 0.5) is 0 Å². The average molecular weight is 199 g/mol. The van der Waals surface area contributed by atoms with Crippen LogP contribution in [0.3, 0.4) is 0 Å². The lowest BCUT2D eigenvalue weighted by Gasteiger charge is -2.36. The highest BCUT2D eigenvalue weighted by Crippen LogP contribution is 2.26. The van der Waals surface area contributed by atoms with Crippen LogP contribution >= 0.6 is 0 Å². The Morgan fingerprint density at radius 2 is 1.14 bits per heavy atom. The van der Waals surface area contributed by atoms with Crippen LogP contribution in [-0.2, 0) is 0 Å². The lowest BCUT2D eigenvalue weighted by molar-refractivity contribution is 0.230. The molecule has 14 heavy (non-hydrogen) atoms. The number of hydrogen-bond donors (Lipinski definition) is 1. The molecule has 0 saturated heterocycles. The van der Waals surface area contributed by atoms with Crippen molar-refractivity contribution in [3.8, 4) is 0 Å². The number of hydrogen-bond acceptors (Lipinski definition) is 1. The largest absolute Gasteiger partial charge is 0.307 e. The van der Waals surface area contributed by atoms with Gasteiger partial charge in [-0.2, -0.15) is 0 Å². The van der Waals surface area contributed by atoms with Crippen LogP contribution in [0, 0.1) is 5.41 Å². The van der Waals surface area contributed by atoms with Crippen LogP contribution in [0.25, 0.3) is 0 Å². The van der Waals surface area contributed by atoms with Crippen molar-refractivity contribution in [2.75, 3.05) is 0 Å². The number of nitrogens with one attached hydrogen (secondary N) is 1. The molecule has 0 bridgehead atoms. The molecule has 0 fully saturated rings. The van der Waals surface area contributed by atoms with Crippen molar-refractivity contribution in [1.29, 1.82) is 0 Å². The summed E-state index contributed by atoms with van der Waals surface area (Å²) < 4.78 is 0. The second-order valence-electron chi connectivity index (χ2n) is 7.32. The Morgan fingerprint density at radius 1 is 0.714 bits per heavy atom. The molecule has 0 saturated carbocycles. The highest BCUT2D eigenvalue weighted by molar-refractivity contribution is 4.86. The Labute approximate surface area is 90.7 Å². The summed E-state index contributed by atoms with van der Waals surface area (Å²) in [7, 11) is 0. The van der Waals surface area contributed by atoms with Gasteiger partial charge in [0.1, 0.15) is 0 Å². The van der Waals surface area contributed by atoms with E-state index in [2.05, 4.69) is 60.7 Å². The maximum atomic E-state index is 3.67. The van der Waals surface area contributed by atoms with Gasteiger partial charge in [0.2, 0.25) is 0 Å². The van der Waals surface area contributed by atoms with E-state index in [1.54, 1.807) is 0 Å². The van der Waals surface area contributed by atoms with E-state index in [1.807, 2.05) is 0 Å². The van der Waals surface area contributed by atoms with Crippen LogP contribution in [-0.4, -0.2) is 11.1 Å². The van der Waals surface area contributed by atoms with Crippen LogP contribution in [0.2, 0.25) is 0 Å². The molecule has 86 valence electrons. The van der Waals surface area contributed by atoms with Gasteiger partial charge in [0.05, 0.1) is 0 Å². The molecule has 0 amide bonds. The van der Waals surface area contributed by atoms with Gasteiger partial charge in [-0.15, -0.1) is 0 Å². The van der Waals surface area contributed by atoms with E-state index in [-0.39, 0.29) is 11.1 Å². The Kier molecular flexibility index (Phi) is 4.21. The molecule has 0 radical (unpaired) electrons. The van der Waals surface area contributed by atoms with Crippen molar-refractivity contribution < 1.29 is 0 Å². The Hall–Kier alpha value is -0.0400. The maximum Gasteiger partial charge on any atom is 0.0130 e. The summed E-state index contributed by atoms with van der Waals surface area (Å²) in [6.45, 7) is 18.2. The second-order valence-corrected chi connectivity index (χ2v) is 7.32. The van der Waals surface area contributed by atoms with E-state index in [4.69, 9.17) is 0 Å². The van der Waals surface area contributed by atoms with Crippen molar-refractivity contribution in [1.82, 2.24) is 5.32 Å². The molecule has 0 heterocycles. The fraction of sp³-hybridized carbons (Fsp3) is 1.00. The monoisotopic (exact) mass is 199 g/mol. The average Bonchev–Trinajstić information content (AvgIpc) is 1.76. The van der Waals surface area contributed by atoms with Crippen molar-refractivity contribution in [3.63, 3.8) is 0 Å². The third-order valence-electron chi connectivity index (χ3n) is 2.21. The molecule has 0 aromatic heterocycles. The minimum Gasteiger partial charge on any atom is -0.307 e. The minimum atomic E-state index is 0.210. The second kappa shape index (κ2) is 4.22.